The zero-order chi connectivity index (χ0) is 23.0. The van der Waals surface area contributed by atoms with E-state index in [1.165, 1.54) is 68.9 Å². The fourth-order valence-electron chi connectivity index (χ4n) is 8.96. The van der Waals surface area contributed by atoms with Crippen LogP contribution in [0.3, 0.4) is 0 Å². The van der Waals surface area contributed by atoms with E-state index in [1.807, 2.05) is 0 Å². The van der Waals surface area contributed by atoms with Crippen molar-refractivity contribution in [3.8, 4) is 0 Å². The van der Waals surface area contributed by atoms with Crippen LogP contribution < -0.4 is 5.32 Å². The van der Waals surface area contributed by atoms with Crippen molar-refractivity contribution in [2.75, 3.05) is 7.05 Å². The molecule has 3 unspecified atom stereocenters. The van der Waals surface area contributed by atoms with Crippen molar-refractivity contribution in [2.45, 2.75) is 115 Å². The minimum absolute atomic E-state index is 0.0645. The van der Waals surface area contributed by atoms with E-state index in [2.05, 4.69) is 25.4 Å². The molecule has 4 N–H and O–H groups in total. The Bertz CT molecular complexity index is 741. The van der Waals surface area contributed by atoms with Gasteiger partial charge in [0, 0.05) is 0 Å². The molecule has 0 aromatic carbocycles. The van der Waals surface area contributed by atoms with E-state index in [-0.39, 0.29) is 11.5 Å². The summed E-state index contributed by atoms with van der Waals surface area (Å²) in [6.07, 6.45) is 18.3. The Hall–Kier alpha value is -0.645. The predicted molar refractivity (Wildman–Crippen MR) is 135 cm³/mol. The maximum atomic E-state index is 11.6. The number of hydrogen-bond acceptors (Lipinski definition) is 4. The van der Waals surface area contributed by atoms with Crippen molar-refractivity contribution in [3.63, 3.8) is 0 Å². The first-order chi connectivity index (χ1) is 16.0. The van der Waals surface area contributed by atoms with E-state index in [1.54, 1.807) is 0 Å². The van der Waals surface area contributed by atoms with Gasteiger partial charge in [-0.2, -0.15) is 0 Å². The van der Waals surface area contributed by atoms with Crippen LogP contribution in [0.2, 0.25) is 6.32 Å². The van der Waals surface area contributed by atoms with Crippen LogP contribution in [0.4, 0.5) is 0 Å². The van der Waals surface area contributed by atoms with Crippen molar-refractivity contribution in [1.29, 1.82) is 0 Å². The Labute approximate surface area is 201 Å². The number of hydrogen-bond donors (Lipinski definition) is 4. The Kier molecular flexibility index (Phi) is 7.40. The van der Waals surface area contributed by atoms with Crippen molar-refractivity contribution in [1.82, 2.24) is 5.32 Å². The van der Waals surface area contributed by atoms with E-state index in [0.717, 1.165) is 31.5 Å². The molecule has 5 heteroatoms. The number of aliphatic hydroxyl groups excluding tert-OH is 3. The first kappa shape index (κ1) is 24.1. The van der Waals surface area contributed by atoms with Gasteiger partial charge in [-0.15, -0.1) is 0 Å². The van der Waals surface area contributed by atoms with Crippen molar-refractivity contribution < 1.29 is 15.3 Å². The van der Waals surface area contributed by atoms with Crippen LogP contribution >= 0.6 is 0 Å². The summed E-state index contributed by atoms with van der Waals surface area (Å²) in [5.41, 5.74) is 2.68. The van der Waals surface area contributed by atoms with Gasteiger partial charge >= 0.3 is 201 Å². The molecule has 5 aliphatic rings. The molecule has 4 aliphatic carbocycles. The zero-order valence-corrected chi connectivity index (χ0v) is 20.7. The molecule has 5 rings (SSSR count). The fourth-order valence-corrected chi connectivity index (χ4v) is 8.96. The molecule has 4 nitrogen and oxygen atoms in total. The Morgan fingerprint density at radius 2 is 1.76 bits per heavy atom. The third-order valence-electron chi connectivity index (χ3n) is 10.6. The monoisotopic (exact) mass is 455 g/mol. The van der Waals surface area contributed by atoms with Crippen molar-refractivity contribution >= 4 is 12.5 Å². The summed E-state index contributed by atoms with van der Waals surface area (Å²) in [4.78, 5) is 0. The summed E-state index contributed by atoms with van der Waals surface area (Å²) in [7, 11) is 2.08. The van der Waals surface area contributed by atoms with Crippen LogP contribution in [0.1, 0.15) is 89.9 Å². The molecule has 1 heterocycles. The Morgan fingerprint density at radius 1 is 1.03 bits per heavy atom. The van der Waals surface area contributed by atoms with Gasteiger partial charge in [-0.3, -0.25) is 0 Å². The first-order valence-corrected chi connectivity index (χ1v) is 14.2. The summed E-state index contributed by atoms with van der Waals surface area (Å²) in [6.45, 7) is 2.41. The molecule has 0 radical (unpaired) electrons. The third-order valence-corrected chi connectivity index (χ3v) is 10.6. The molecule has 3 saturated carbocycles. The number of nitrogens with one attached hydrogen (secondary N) is 1. The summed E-state index contributed by atoms with van der Waals surface area (Å²) < 4.78 is 0. The van der Waals surface area contributed by atoms with Gasteiger partial charge in [0.25, 0.3) is 0 Å². The summed E-state index contributed by atoms with van der Waals surface area (Å²) in [6, 6.07) is 0. The summed E-state index contributed by atoms with van der Waals surface area (Å²) >= 11 is 0. The van der Waals surface area contributed by atoms with Crippen molar-refractivity contribution in [2.24, 2.45) is 35.0 Å². The molecule has 1 spiro atoms. The molecular formula is C28H46BNO3. The number of rotatable bonds is 5. The van der Waals surface area contributed by atoms with Gasteiger partial charge in [0.2, 0.25) is 0 Å². The van der Waals surface area contributed by atoms with Gasteiger partial charge in [-0.1, -0.05) is 0 Å². The molecule has 7 atom stereocenters. The molecular weight excluding hydrogens is 409 g/mol. The van der Waals surface area contributed by atoms with Crippen LogP contribution in [-0.4, -0.2) is 53.2 Å². The van der Waals surface area contributed by atoms with E-state index >= 15 is 0 Å². The molecule has 33 heavy (non-hydrogen) atoms. The van der Waals surface area contributed by atoms with Gasteiger partial charge in [0.05, 0.1) is 0 Å². The SMILES string of the molecule is CNC1=BCC([C@H](O)C2CCCC2)C12CC[C@@H](C1=CC[C@H](O)C[C@@H]1O)C(C1CCCCC1)C2. The minimum atomic E-state index is -0.485. The molecule has 0 saturated heterocycles. The molecule has 0 aromatic rings. The average Bonchev–Trinajstić information content (AvgIpc) is 3.48. The van der Waals surface area contributed by atoms with Crippen LogP contribution in [0, 0.1) is 35.0 Å². The molecule has 0 amide bonds. The normalized spacial score (nSPS) is 41.5. The molecule has 184 valence electrons. The fraction of sp³-hybridized carbons (Fsp3) is 0.893. The van der Waals surface area contributed by atoms with Crippen LogP contribution in [-0.2, 0) is 0 Å². The van der Waals surface area contributed by atoms with E-state index in [0.29, 0.717) is 36.5 Å². The topological polar surface area (TPSA) is 72.7 Å². The van der Waals surface area contributed by atoms with E-state index in [9.17, 15) is 15.3 Å². The van der Waals surface area contributed by atoms with E-state index < -0.39 is 12.2 Å². The van der Waals surface area contributed by atoms with Crippen LogP contribution in [0.15, 0.2) is 11.6 Å². The molecule has 0 aromatic heterocycles. The second kappa shape index (κ2) is 10.1. The summed E-state index contributed by atoms with van der Waals surface area (Å²) in [5, 5.41) is 36.3. The van der Waals surface area contributed by atoms with Gasteiger partial charge in [0.15, 0.2) is 0 Å². The first-order valence-electron chi connectivity index (χ1n) is 14.2. The Balaban J connectivity index is 1.45. The molecule has 0 bridgehead atoms. The standard InChI is InChI=1S/C28H46BNO3/c1-30-27-28(24(17-29-27)26(33)19-9-5-6-10-19)14-13-21(22-12-11-20(31)15-25(22)32)23(16-28)18-7-3-2-4-8-18/h12,18-21,23-26,30-33H,2-11,13-17H2,1H3/t20-,21-,23?,24?,25-,26+,28?/m0/s1. The van der Waals surface area contributed by atoms with Crippen molar-refractivity contribution in [3.05, 3.63) is 11.6 Å². The van der Waals surface area contributed by atoms with Gasteiger partial charge in [-0.05, 0) is 0 Å². The Morgan fingerprint density at radius 3 is 2.45 bits per heavy atom. The predicted octanol–water partition coefficient (Wildman–Crippen LogP) is 4.06. The van der Waals surface area contributed by atoms with Crippen LogP contribution in [0.5, 0.6) is 0 Å². The molecule has 1 aliphatic heterocycles. The van der Waals surface area contributed by atoms with Gasteiger partial charge in [0.1, 0.15) is 0 Å². The van der Waals surface area contributed by atoms with Crippen LogP contribution in [0.25, 0.3) is 0 Å². The zero-order valence-electron chi connectivity index (χ0n) is 20.7. The third kappa shape index (κ3) is 4.52. The molecule has 3 fully saturated rings. The van der Waals surface area contributed by atoms with E-state index in [4.69, 9.17) is 0 Å². The average molecular weight is 455 g/mol. The maximum absolute atomic E-state index is 11.6. The second-order valence-electron chi connectivity index (χ2n) is 12.2. The second-order valence-corrected chi connectivity index (χ2v) is 12.2. The van der Waals surface area contributed by atoms with Gasteiger partial charge in [-0.25, -0.2) is 0 Å². The quantitative estimate of drug-likeness (QED) is 0.373. The number of aliphatic hydroxyl groups is 3. The summed E-state index contributed by atoms with van der Waals surface area (Å²) in [5.74, 6) is 2.55. The van der Waals surface area contributed by atoms with Gasteiger partial charge < -0.3 is 0 Å².